The van der Waals surface area contributed by atoms with E-state index in [4.69, 9.17) is 41.5 Å². The van der Waals surface area contributed by atoms with Crippen LogP contribution in [0.3, 0.4) is 0 Å². The normalized spacial score (nSPS) is 26.1. The summed E-state index contributed by atoms with van der Waals surface area (Å²) in [4.78, 5) is 161. The van der Waals surface area contributed by atoms with Crippen LogP contribution < -0.4 is 49.7 Å². The number of aromatic nitrogens is 2. The smallest absolute Gasteiger partial charge is 0.497 e. The van der Waals surface area contributed by atoms with Crippen molar-refractivity contribution in [1.29, 1.82) is 0 Å². The average molecular weight is 1760 g/mol. The highest BCUT2D eigenvalue weighted by molar-refractivity contribution is 7.85. The number of likely N-dealkylation sites (tertiary alicyclic amines) is 2. The van der Waals surface area contributed by atoms with Gasteiger partial charge in [0.25, 0.3) is 23.6 Å². The van der Waals surface area contributed by atoms with Gasteiger partial charge in [-0.25, -0.2) is 42.2 Å². The Morgan fingerprint density at radius 1 is 0.528 bits per heavy atom. The summed E-state index contributed by atoms with van der Waals surface area (Å²) in [6.07, 6.45) is 14.8. The fraction of sp³-hybridized carbons (Fsp3) is 0.659. The van der Waals surface area contributed by atoms with Gasteiger partial charge in [-0.3, -0.25) is 43.2 Å². The molecule has 0 radical (unpaired) electrons. The van der Waals surface area contributed by atoms with Gasteiger partial charge in [-0.2, -0.15) is 16.8 Å². The van der Waals surface area contributed by atoms with E-state index in [2.05, 4.69) is 36.1 Å². The lowest BCUT2D eigenvalue weighted by Crippen LogP contribution is -2.59. The van der Waals surface area contributed by atoms with Gasteiger partial charge in [0.2, 0.25) is 35.4 Å². The van der Waals surface area contributed by atoms with E-state index >= 15 is 0 Å². The second-order valence-electron chi connectivity index (χ2n) is 36.6. The Bertz CT molecular complexity index is 4690. The van der Waals surface area contributed by atoms with Crippen LogP contribution in [0.2, 0.25) is 0 Å². The van der Waals surface area contributed by atoms with E-state index in [9.17, 15) is 69.6 Å². The molecule has 672 valence electrons. The monoisotopic (exact) mass is 1750 g/mol. The van der Waals surface area contributed by atoms with Crippen molar-refractivity contribution in [1.82, 2.24) is 55.5 Å². The number of amides is 10. The van der Waals surface area contributed by atoms with E-state index in [0.717, 1.165) is 87.8 Å². The number of benzene rings is 2. The number of fused-ring (bicyclic) bond motifs is 2. The largest absolute Gasteiger partial charge is 0.534 e. The maximum atomic E-state index is 14.7. The minimum absolute atomic E-state index is 0.00000980. The van der Waals surface area contributed by atoms with Gasteiger partial charge in [0, 0.05) is 48.8 Å². The molecule has 2 aromatic heterocycles. The second kappa shape index (κ2) is 36.0. The van der Waals surface area contributed by atoms with E-state index in [1.165, 1.54) is 9.80 Å². The number of imide groups is 1. The molecule has 36 nitrogen and oxygen atoms in total. The zero-order valence-electron chi connectivity index (χ0n) is 71.6. The van der Waals surface area contributed by atoms with Crippen LogP contribution in [0, 0.1) is 23.7 Å². The standard InChI is InChI=1S/C38H51N5O10S.C38H53N5O10S.C9H11NO5/c1-5-25-21-38(25,34(46)42-54(48,49)53-37(3)16-17-37)41-31(44)29-20-27(51-32-28-12-11-26(50-4)19-24(28)13-18-39-32)22-43(29)33(45)30(23-9-7-6-8-10-23)40-35(47)52-36(2)14-15-36;1-7-25-21-38(25,34(46)42-54(48,49)53-37(5)16-17-37)41-31(44)29-20-27(51-32-28-14-13-26(50-6)19-24(28)15-18-39-32)22-43(29)33(45)30(23-11-9-8-10-12-23)40-35(47)52-36(2,3)4;1-9(4-5-9)14-8(13)15-10-6(11)2-3-7(10)12/h11-13,18-19,23,25,27,29-30H,5-10,14-17,20-22H2,1-4H3,(H,40,47)(H,41,44)(H,42,46);13-15,18-19,23,25,27,29-30H,7-12,16-17,20-22H2,1-6H3,(H,40,47)(H,41,44)(H,42,46);2-5H2,1H3/t2*25-,27-,29+,30+,38-;/m11./s1. The molecule has 3 saturated heterocycles. The first-order chi connectivity index (χ1) is 58.1. The summed E-state index contributed by atoms with van der Waals surface area (Å²) in [5.41, 5.74) is -6.58. The van der Waals surface area contributed by atoms with E-state index in [1.807, 2.05) is 66.6 Å². The number of carbonyl (C=O) groups excluding carboxylic acids is 11. The molecule has 10 atom stereocenters. The van der Waals surface area contributed by atoms with E-state index in [1.54, 1.807) is 80.3 Å². The molecular weight excluding hydrogens is 1640 g/mol. The van der Waals surface area contributed by atoms with Gasteiger partial charge in [-0.1, -0.05) is 70.3 Å². The molecule has 0 spiro atoms. The number of nitrogens with zero attached hydrogens (tertiary/aromatic N) is 5. The number of alkyl carbamates (subject to hydrolysis) is 2. The Kier molecular flexibility index (Phi) is 26.5. The van der Waals surface area contributed by atoms with Crippen LogP contribution in [0.5, 0.6) is 23.3 Å². The summed E-state index contributed by atoms with van der Waals surface area (Å²) < 4.78 is 105. The van der Waals surface area contributed by atoms with E-state index in [0.29, 0.717) is 90.5 Å². The first kappa shape index (κ1) is 90.8. The number of rotatable bonds is 29. The molecule has 0 unspecified atom stereocenters. The fourth-order valence-corrected chi connectivity index (χ4v) is 19.2. The van der Waals surface area contributed by atoms with Crippen LogP contribution in [0.15, 0.2) is 60.9 Å². The highest BCUT2D eigenvalue weighted by atomic mass is 32.2. The molecule has 10 amide bonds. The van der Waals surface area contributed by atoms with Crippen molar-refractivity contribution in [2.75, 3.05) is 27.3 Å². The molecule has 3 aliphatic heterocycles. The van der Waals surface area contributed by atoms with Crippen molar-refractivity contribution in [2.45, 2.75) is 305 Å². The number of hydroxylamine groups is 2. The summed E-state index contributed by atoms with van der Waals surface area (Å²) >= 11 is 0. The van der Waals surface area contributed by atoms with Crippen molar-refractivity contribution < 1.29 is 116 Å². The number of carbonyl (C=O) groups is 11. The number of nitrogens with one attached hydrogen (secondary N) is 6. The van der Waals surface area contributed by atoms with Gasteiger partial charge in [0.05, 0.1) is 38.5 Å². The van der Waals surface area contributed by atoms with E-state index in [-0.39, 0.29) is 75.3 Å². The van der Waals surface area contributed by atoms with Crippen molar-refractivity contribution in [3.05, 3.63) is 60.9 Å². The van der Waals surface area contributed by atoms with Crippen molar-refractivity contribution in [2.24, 2.45) is 23.7 Å². The van der Waals surface area contributed by atoms with Gasteiger partial charge >= 0.3 is 39.0 Å². The van der Waals surface area contributed by atoms with Gasteiger partial charge < -0.3 is 64.2 Å². The molecule has 123 heavy (non-hydrogen) atoms. The zero-order valence-corrected chi connectivity index (χ0v) is 73.2. The van der Waals surface area contributed by atoms with Gasteiger partial charge in [-0.15, -0.1) is 0 Å². The first-order valence-corrected chi connectivity index (χ1v) is 45.7. The molecule has 8 aliphatic carbocycles. The molecule has 8 saturated carbocycles. The highest BCUT2D eigenvalue weighted by Crippen LogP contribution is 2.50. The molecule has 2 aromatic carbocycles. The lowest BCUT2D eigenvalue weighted by molar-refractivity contribution is -0.179. The number of hydrogen-bond donors (Lipinski definition) is 6. The third-order valence-electron chi connectivity index (χ3n) is 25.3. The predicted molar refractivity (Wildman–Crippen MR) is 439 cm³/mol. The van der Waals surface area contributed by atoms with Crippen molar-refractivity contribution in [3.63, 3.8) is 0 Å². The minimum atomic E-state index is -4.45. The molecule has 6 N–H and O–H groups in total. The summed E-state index contributed by atoms with van der Waals surface area (Å²) in [5, 5.41) is 15.0. The molecule has 15 rings (SSSR count). The SMILES string of the molecule is CC1(OC(=O)ON2C(=O)CCC2=O)CC1.CC[C@@H]1C[C@]1(NC(=O)[C@@H]1C[C@@H](Oc2nccc3cc(OC)ccc23)CN1C(=O)[C@@H](NC(=O)OC(C)(C)C)C1CCCCC1)C(=O)NS(=O)(=O)OC1(C)CC1.CC[C@@H]1C[C@]1(NC(=O)[C@@H]1C[C@@H](Oc2nccc3cc(OC)ccc23)CN1C(=O)[C@@H](NC(=O)OC1(C)CC1)C1CCCCC1)C(=O)NS(=O)(=O)OC1(C)CC1. The Labute approximate surface area is 715 Å². The molecule has 5 heterocycles. The third-order valence-corrected chi connectivity index (χ3v) is 27.4. The predicted octanol–water partition coefficient (Wildman–Crippen LogP) is 9.07. The molecule has 11 aliphatic rings. The molecule has 11 fully saturated rings. The van der Waals surface area contributed by atoms with Crippen LogP contribution in [0.25, 0.3) is 21.5 Å². The maximum Gasteiger partial charge on any atom is 0.534 e. The summed E-state index contributed by atoms with van der Waals surface area (Å²) in [6.45, 7) is 15.8. The number of hydrogen-bond acceptors (Lipinski definition) is 27. The van der Waals surface area contributed by atoms with Gasteiger partial charge in [-0.05, 0) is 221 Å². The summed E-state index contributed by atoms with van der Waals surface area (Å²) in [7, 11) is -5.73. The molecular formula is C85H115N11O25S2. The second-order valence-corrected chi connectivity index (χ2v) is 39.2. The maximum absolute atomic E-state index is 14.7. The molecule has 4 aromatic rings. The fourth-order valence-electron chi connectivity index (χ4n) is 16.9. The molecule has 0 bridgehead atoms. The lowest BCUT2D eigenvalue weighted by atomic mass is 9.83. The van der Waals surface area contributed by atoms with Gasteiger partial charge in [0.15, 0.2) is 0 Å². The average Bonchev–Trinajstić information content (AvgIpc) is 1.58. The van der Waals surface area contributed by atoms with Crippen LogP contribution in [0.4, 0.5) is 14.4 Å². The Balaban J connectivity index is 0.000000181. The zero-order chi connectivity index (χ0) is 88.6. The van der Waals surface area contributed by atoms with Crippen LogP contribution in [0.1, 0.15) is 229 Å². The van der Waals surface area contributed by atoms with Crippen molar-refractivity contribution >= 4 is 108 Å². The number of methoxy groups -OCH3 is 2. The number of ether oxygens (including phenoxy) is 7. The third kappa shape index (κ3) is 22.4. The summed E-state index contributed by atoms with van der Waals surface area (Å²) in [6, 6.07) is 10.4. The quantitative estimate of drug-likeness (QED) is 0.0168. The first-order valence-electron chi connectivity index (χ1n) is 42.9. The molecule has 38 heteroatoms. The Morgan fingerprint density at radius 3 is 1.28 bits per heavy atom. The topological polar surface area (TPSA) is 456 Å². The van der Waals surface area contributed by atoms with Gasteiger partial charge in [0.1, 0.15) is 75.8 Å². The van der Waals surface area contributed by atoms with Crippen LogP contribution in [-0.2, 0) is 86.4 Å². The lowest BCUT2D eigenvalue weighted by Gasteiger charge is -2.35. The van der Waals surface area contributed by atoms with Crippen molar-refractivity contribution in [3.8, 4) is 23.3 Å². The Morgan fingerprint density at radius 2 is 0.919 bits per heavy atom. The Hall–Kier alpha value is -9.95. The highest BCUT2D eigenvalue weighted by Gasteiger charge is 2.64. The number of pyridine rings is 2. The minimum Gasteiger partial charge on any atom is -0.497 e. The van der Waals surface area contributed by atoms with Crippen LogP contribution >= 0.6 is 0 Å². The van der Waals surface area contributed by atoms with E-state index < -0.39 is 162 Å². The van der Waals surface area contributed by atoms with Crippen LogP contribution in [-0.4, -0.2) is 210 Å². The summed E-state index contributed by atoms with van der Waals surface area (Å²) in [5.74, 6) is -4.06.